The van der Waals surface area contributed by atoms with E-state index in [0.29, 0.717) is 21.6 Å². The van der Waals surface area contributed by atoms with Crippen molar-refractivity contribution in [3.63, 3.8) is 0 Å². The molecule has 3 rings (SSSR count). The fourth-order valence-corrected chi connectivity index (χ4v) is 2.85. The first-order valence-corrected chi connectivity index (χ1v) is 7.54. The number of hydrogen-bond acceptors (Lipinski definition) is 1. The van der Waals surface area contributed by atoms with Crippen molar-refractivity contribution in [2.45, 2.75) is 6.54 Å². The lowest BCUT2D eigenvalue weighted by atomic mass is 10.1. The third-order valence-corrected chi connectivity index (χ3v) is 4.52. The van der Waals surface area contributed by atoms with Gasteiger partial charge in [-0.25, -0.2) is 0 Å². The van der Waals surface area contributed by atoms with Gasteiger partial charge in [0.25, 0.3) is 0 Å². The number of hydrogen-bond donors (Lipinski definition) is 1. The Hall–Kier alpha value is -1.55. The monoisotopic (exact) mass is 334 g/mol. The number of thiocarbonyl (C=S) groups is 1. The van der Waals surface area contributed by atoms with Crippen LogP contribution in [0, 0.1) is 0 Å². The topological polar surface area (TPSA) is 30.9 Å². The second-order valence-electron chi connectivity index (χ2n) is 4.79. The van der Waals surface area contributed by atoms with Crippen LogP contribution in [0.3, 0.4) is 0 Å². The standard InChI is InChI=1S/C16H12Cl2N2S/c17-13-3-1-2-12(15(13)18)9-20-7-6-10-8-11(16(19)21)4-5-14(10)20/h1-8H,9H2,(H2,19,21). The lowest BCUT2D eigenvalue weighted by molar-refractivity contribution is 0.837. The van der Waals surface area contributed by atoms with Gasteiger partial charge in [-0.1, -0.05) is 47.6 Å². The molecule has 106 valence electrons. The number of nitrogens with zero attached hydrogens (tertiary/aromatic N) is 1. The van der Waals surface area contributed by atoms with Crippen LogP contribution in [0.1, 0.15) is 11.1 Å². The van der Waals surface area contributed by atoms with E-state index in [1.807, 2.05) is 42.6 Å². The van der Waals surface area contributed by atoms with Gasteiger partial charge in [-0.15, -0.1) is 0 Å². The predicted molar refractivity (Wildman–Crippen MR) is 93.4 cm³/mol. The first kappa shape index (κ1) is 14.4. The van der Waals surface area contributed by atoms with Crippen molar-refractivity contribution >= 4 is 51.3 Å². The fraction of sp³-hybridized carbons (Fsp3) is 0.0625. The number of halogens is 2. The van der Waals surface area contributed by atoms with E-state index >= 15 is 0 Å². The minimum atomic E-state index is 0.405. The maximum absolute atomic E-state index is 6.25. The Morgan fingerprint density at radius 2 is 1.95 bits per heavy atom. The van der Waals surface area contributed by atoms with E-state index in [2.05, 4.69) is 4.57 Å². The van der Waals surface area contributed by atoms with Crippen molar-refractivity contribution in [2.24, 2.45) is 5.73 Å². The van der Waals surface area contributed by atoms with Crippen LogP contribution in [0.15, 0.2) is 48.7 Å². The summed E-state index contributed by atoms with van der Waals surface area (Å²) in [6.45, 7) is 0.662. The van der Waals surface area contributed by atoms with Crippen molar-refractivity contribution in [3.8, 4) is 0 Å². The number of nitrogens with two attached hydrogens (primary N) is 1. The minimum absolute atomic E-state index is 0.405. The van der Waals surface area contributed by atoms with Crippen molar-refractivity contribution in [3.05, 3.63) is 69.8 Å². The highest BCUT2D eigenvalue weighted by atomic mass is 35.5. The zero-order valence-electron chi connectivity index (χ0n) is 11.0. The van der Waals surface area contributed by atoms with Gasteiger partial charge in [0, 0.05) is 29.2 Å². The molecule has 5 heteroatoms. The molecular weight excluding hydrogens is 323 g/mol. The molecule has 0 aliphatic rings. The summed E-state index contributed by atoms with van der Waals surface area (Å²) in [4.78, 5) is 0.405. The van der Waals surface area contributed by atoms with Crippen molar-refractivity contribution in [1.82, 2.24) is 4.57 Å². The number of fused-ring (bicyclic) bond motifs is 1. The average Bonchev–Trinajstić information content (AvgIpc) is 2.86. The normalized spacial score (nSPS) is 11.0. The molecule has 0 atom stereocenters. The molecule has 2 aromatic carbocycles. The minimum Gasteiger partial charge on any atom is -0.389 e. The van der Waals surface area contributed by atoms with Crippen LogP contribution in [0.4, 0.5) is 0 Å². The molecule has 0 unspecified atom stereocenters. The maximum atomic E-state index is 6.25. The SMILES string of the molecule is NC(=S)c1ccc2c(ccn2Cc2cccc(Cl)c2Cl)c1. The molecule has 0 radical (unpaired) electrons. The molecular formula is C16H12Cl2N2S. The maximum Gasteiger partial charge on any atom is 0.104 e. The van der Waals surface area contributed by atoms with Gasteiger partial charge in [0.1, 0.15) is 4.99 Å². The van der Waals surface area contributed by atoms with Gasteiger partial charge in [0.15, 0.2) is 0 Å². The van der Waals surface area contributed by atoms with Gasteiger partial charge in [-0.05, 0) is 35.9 Å². The van der Waals surface area contributed by atoms with Gasteiger partial charge in [0.2, 0.25) is 0 Å². The van der Waals surface area contributed by atoms with Crippen LogP contribution in [0.5, 0.6) is 0 Å². The van der Waals surface area contributed by atoms with Crippen LogP contribution in [-0.4, -0.2) is 9.56 Å². The predicted octanol–water partition coefficient (Wildman–Crippen LogP) is 4.63. The zero-order valence-corrected chi connectivity index (χ0v) is 13.3. The highest BCUT2D eigenvalue weighted by molar-refractivity contribution is 7.80. The summed E-state index contributed by atoms with van der Waals surface area (Å²) in [5.74, 6) is 0. The van der Waals surface area contributed by atoms with Crippen LogP contribution in [-0.2, 0) is 6.54 Å². The smallest absolute Gasteiger partial charge is 0.104 e. The average molecular weight is 335 g/mol. The Balaban J connectivity index is 2.02. The van der Waals surface area contributed by atoms with Gasteiger partial charge in [0.05, 0.1) is 10.0 Å². The Morgan fingerprint density at radius 1 is 1.14 bits per heavy atom. The molecule has 3 aromatic rings. The molecule has 1 heterocycles. The number of benzene rings is 2. The first-order chi connectivity index (χ1) is 10.1. The van der Waals surface area contributed by atoms with E-state index in [0.717, 1.165) is 22.0 Å². The Kier molecular flexibility index (Phi) is 3.89. The quantitative estimate of drug-likeness (QED) is 0.708. The molecule has 0 bridgehead atoms. The van der Waals surface area contributed by atoms with Crippen molar-refractivity contribution < 1.29 is 0 Å². The Labute approximate surface area is 138 Å². The molecule has 2 N–H and O–H groups in total. The third kappa shape index (κ3) is 2.77. The molecule has 21 heavy (non-hydrogen) atoms. The highest BCUT2D eigenvalue weighted by Crippen LogP contribution is 2.27. The van der Waals surface area contributed by atoms with Gasteiger partial charge in [-0.3, -0.25) is 0 Å². The van der Waals surface area contributed by atoms with Gasteiger partial charge in [-0.2, -0.15) is 0 Å². The van der Waals surface area contributed by atoms with E-state index < -0.39 is 0 Å². The molecule has 0 aliphatic carbocycles. The van der Waals surface area contributed by atoms with Gasteiger partial charge >= 0.3 is 0 Å². The summed E-state index contributed by atoms with van der Waals surface area (Å²) in [6, 6.07) is 13.6. The molecule has 1 aromatic heterocycles. The van der Waals surface area contributed by atoms with Crippen LogP contribution in [0.2, 0.25) is 10.0 Å². The molecule has 0 saturated heterocycles. The summed E-state index contributed by atoms with van der Waals surface area (Å²) in [7, 11) is 0. The number of aromatic nitrogens is 1. The molecule has 0 aliphatic heterocycles. The summed E-state index contributed by atoms with van der Waals surface area (Å²) < 4.78 is 2.12. The molecule has 2 nitrogen and oxygen atoms in total. The van der Waals surface area contributed by atoms with E-state index in [-0.39, 0.29) is 0 Å². The van der Waals surface area contributed by atoms with Crippen molar-refractivity contribution in [2.75, 3.05) is 0 Å². The fourth-order valence-electron chi connectivity index (χ4n) is 2.35. The largest absolute Gasteiger partial charge is 0.389 e. The molecule has 0 saturated carbocycles. The van der Waals surface area contributed by atoms with Crippen LogP contribution in [0.25, 0.3) is 10.9 Å². The molecule has 0 fully saturated rings. The number of rotatable bonds is 3. The van der Waals surface area contributed by atoms with E-state index in [1.54, 1.807) is 6.07 Å². The third-order valence-electron chi connectivity index (χ3n) is 3.43. The highest BCUT2D eigenvalue weighted by Gasteiger charge is 2.08. The van der Waals surface area contributed by atoms with Gasteiger partial charge < -0.3 is 10.3 Å². The Bertz CT molecular complexity index is 839. The lowest BCUT2D eigenvalue weighted by Gasteiger charge is -2.09. The summed E-state index contributed by atoms with van der Waals surface area (Å²) >= 11 is 17.3. The second kappa shape index (κ2) is 5.68. The molecule has 0 amide bonds. The van der Waals surface area contributed by atoms with Crippen LogP contribution >= 0.6 is 35.4 Å². The van der Waals surface area contributed by atoms with E-state index in [1.165, 1.54) is 0 Å². The van der Waals surface area contributed by atoms with E-state index in [9.17, 15) is 0 Å². The summed E-state index contributed by atoms with van der Waals surface area (Å²) in [5.41, 5.74) is 8.62. The lowest BCUT2D eigenvalue weighted by Crippen LogP contribution is -2.08. The second-order valence-corrected chi connectivity index (χ2v) is 6.02. The first-order valence-electron chi connectivity index (χ1n) is 6.38. The van der Waals surface area contributed by atoms with Crippen LogP contribution < -0.4 is 5.73 Å². The zero-order chi connectivity index (χ0) is 15.0. The summed E-state index contributed by atoms with van der Waals surface area (Å²) in [5, 5.41) is 2.26. The summed E-state index contributed by atoms with van der Waals surface area (Å²) in [6.07, 6.45) is 2.02. The molecule has 0 spiro atoms. The van der Waals surface area contributed by atoms with E-state index in [4.69, 9.17) is 41.2 Å². The van der Waals surface area contributed by atoms with Crippen molar-refractivity contribution in [1.29, 1.82) is 0 Å². The Morgan fingerprint density at radius 3 is 2.71 bits per heavy atom.